The number of phenolic OH excluding ortho intramolecular Hbond substituents is 1. The van der Waals surface area contributed by atoms with Gasteiger partial charge in [-0.05, 0) is 45.8 Å². The Balaban J connectivity index is 2.26. The first-order valence-electron chi connectivity index (χ1n) is 6.56. The highest BCUT2D eigenvalue weighted by Gasteiger charge is 2.35. The highest BCUT2D eigenvalue weighted by molar-refractivity contribution is 9.10. The average Bonchev–Trinajstić information content (AvgIpc) is 2.47. The smallest absolute Gasteiger partial charge is 0.357 e. The third kappa shape index (κ3) is 4.53. The van der Waals surface area contributed by atoms with Gasteiger partial charge in [-0.1, -0.05) is 30.3 Å². The lowest BCUT2D eigenvalue weighted by atomic mass is 10.2. The minimum absolute atomic E-state index is 0.135. The summed E-state index contributed by atoms with van der Waals surface area (Å²) >= 11 is 2.38. The van der Waals surface area contributed by atoms with Crippen LogP contribution in [0, 0.1) is 0 Å². The van der Waals surface area contributed by atoms with E-state index in [0.717, 1.165) is 5.56 Å². The molecule has 0 aliphatic heterocycles. The van der Waals surface area contributed by atoms with Crippen LogP contribution in [0.4, 0.5) is 14.5 Å². The van der Waals surface area contributed by atoms with E-state index in [1.54, 1.807) is 49.5 Å². The van der Waals surface area contributed by atoms with Crippen LogP contribution in [0.15, 0.2) is 59.6 Å². The Morgan fingerprint density at radius 1 is 1.14 bits per heavy atom. The highest BCUT2D eigenvalue weighted by Crippen LogP contribution is 2.28. The topological polar surface area (TPSA) is 35.8 Å². The van der Waals surface area contributed by atoms with Gasteiger partial charge in [0.1, 0.15) is 5.75 Å². The Bertz CT molecular complexity index is 639. The van der Waals surface area contributed by atoms with E-state index in [0.29, 0.717) is 5.69 Å². The normalized spacial score (nSPS) is 12.3. The average molecular weight is 369 g/mol. The van der Waals surface area contributed by atoms with Crippen molar-refractivity contribution in [3.8, 4) is 5.75 Å². The molecule has 0 saturated carbocycles. The number of benzene rings is 2. The number of phenols is 1. The van der Waals surface area contributed by atoms with Crippen LogP contribution in [0.5, 0.6) is 5.75 Å². The Kier molecular flexibility index (Phi) is 5.13. The molecule has 2 aromatic rings. The van der Waals surface area contributed by atoms with Crippen LogP contribution in [0.2, 0.25) is 0 Å². The summed E-state index contributed by atoms with van der Waals surface area (Å²) in [6.07, 6.45) is 0. The van der Waals surface area contributed by atoms with Crippen LogP contribution >= 0.6 is 15.9 Å². The first-order valence-corrected chi connectivity index (χ1v) is 7.35. The fourth-order valence-corrected chi connectivity index (χ4v) is 2.33. The molecule has 0 unspecified atom stereocenters. The lowest BCUT2D eigenvalue weighted by Gasteiger charge is -2.24. The molecular weight excluding hydrogens is 354 g/mol. The van der Waals surface area contributed by atoms with E-state index >= 15 is 0 Å². The molecule has 0 aromatic heterocycles. The van der Waals surface area contributed by atoms with Gasteiger partial charge in [-0.3, -0.25) is 0 Å². The molecule has 0 saturated heterocycles. The number of halogens is 3. The van der Waals surface area contributed by atoms with Crippen LogP contribution in [-0.4, -0.2) is 27.7 Å². The van der Waals surface area contributed by atoms with Crippen molar-refractivity contribution in [2.45, 2.75) is 11.4 Å². The van der Waals surface area contributed by atoms with Gasteiger partial charge in [0.25, 0.3) is 0 Å². The zero-order valence-electron chi connectivity index (χ0n) is 11.9. The van der Waals surface area contributed by atoms with Gasteiger partial charge in [-0.15, -0.1) is 0 Å². The number of rotatable bonds is 4. The van der Waals surface area contributed by atoms with Crippen molar-refractivity contribution in [3.05, 3.63) is 60.2 Å². The standard InChI is InChI=1S/C16H15BrF2N2O/c1-21(11-12-7-9-14(22)10-8-12)15(16(17,18)19)20-13-5-3-2-4-6-13/h2-10,22H,11H2,1H3. The first kappa shape index (κ1) is 16.4. The highest BCUT2D eigenvalue weighted by atomic mass is 79.9. The van der Waals surface area contributed by atoms with Gasteiger partial charge < -0.3 is 10.0 Å². The zero-order valence-corrected chi connectivity index (χ0v) is 13.5. The molecule has 0 heterocycles. The van der Waals surface area contributed by atoms with Gasteiger partial charge in [0.2, 0.25) is 0 Å². The summed E-state index contributed by atoms with van der Waals surface area (Å²) < 4.78 is 27.6. The molecule has 1 N–H and O–H groups in total. The lowest BCUT2D eigenvalue weighted by Crippen LogP contribution is -2.37. The second-order valence-electron chi connectivity index (χ2n) is 4.79. The predicted octanol–water partition coefficient (Wildman–Crippen LogP) is 4.54. The number of alkyl halides is 3. The second kappa shape index (κ2) is 6.87. The van der Waals surface area contributed by atoms with Crippen molar-refractivity contribution in [3.63, 3.8) is 0 Å². The zero-order chi connectivity index (χ0) is 16.2. The molecule has 0 radical (unpaired) electrons. The summed E-state index contributed by atoms with van der Waals surface area (Å²) in [6, 6.07) is 15.0. The summed E-state index contributed by atoms with van der Waals surface area (Å²) in [5.74, 6) is -0.248. The van der Waals surface area contributed by atoms with Crippen molar-refractivity contribution in [1.82, 2.24) is 4.90 Å². The van der Waals surface area contributed by atoms with Crippen molar-refractivity contribution in [2.24, 2.45) is 4.99 Å². The fourth-order valence-electron chi connectivity index (χ4n) is 1.94. The molecule has 0 spiro atoms. The summed E-state index contributed by atoms with van der Waals surface area (Å²) in [5.41, 5.74) is 1.24. The lowest BCUT2D eigenvalue weighted by molar-refractivity contribution is 0.174. The van der Waals surface area contributed by atoms with E-state index in [9.17, 15) is 13.9 Å². The Morgan fingerprint density at radius 2 is 1.73 bits per heavy atom. The molecule has 22 heavy (non-hydrogen) atoms. The van der Waals surface area contributed by atoms with E-state index in [1.165, 1.54) is 17.0 Å². The molecule has 3 nitrogen and oxygen atoms in total. The Hall–Kier alpha value is -1.95. The number of para-hydroxylation sites is 1. The number of hydrogen-bond acceptors (Lipinski definition) is 2. The molecule has 0 aliphatic rings. The van der Waals surface area contributed by atoms with Gasteiger partial charge in [0, 0.05) is 13.6 Å². The molecule has 0 aliphatic carbocycles. The Morgan fingerprint density at radius 3 is 2.27 bits per heavy atom. The molecule has 116 valence electrons. The van der Waals surface area contributed by atoms with Crippen LogP contribution in [0.25, 0.3) is 0 Å². The van der Waals surface area contributed by atoms with Gasteiger partial charge in [-0.2, -0.15) is 8.78 Å². The van der Waals surface area contributed by atoms with Gasteiger partial charge in [-0.25, -0.2) is 4.99 Å². The maximum absolute atomic E-state index is 13.8. The maximum atomic E-state index is 13.8. The quantitative estimate of drug-likeness (QED) is 0.488. The maximum Gasteiger partial charge on any atom is 0.357 e. The number of nitrogens with zero attached hydrogens (tertiary/aromatic N) is 2. The first-order chi connectivity index (χ1) is 10.4. The molecule has 0 fully saturated rings. The van der Waals surface area contributed by atoms with Crippen LogP contribution < -0.4 is 0 Å². The Labute approximate surface area is 136 Å². The summed E-state index contributed by atoms with van der Waals surface area (Å²) in [7, 11) is 1.55. The van der Waals surface area contributed by atoms with E-state index in [4.69, 9.17) is 0 Å². The fraction of sp³-hybridized carbons (Fsp3) is 0.188. The summed E-state index contributed by atoms with van der Waals surface area (Å²) in [6.45, 7) is 0.243. The number of aliphatic imine (C=N–C) groups is 1. The van der Waals surface area contributed by atoms with E-state index < -0.39 is 4.83 Å². The van der Waals surface area contributed by atoms with Crippen molar-refractivity contribution < 1.29 is 13.9 Å². The van der Waals surface area contributed by atoms with Crippen molar-refractivity contribution in [1.29, 1.82) is 0 Å². The third-order valence-corrected chi connectivity index (χ3v) is 3.32. The van der Waals surface area contributed by atoms with Gasteiger partial charge in [0.15, 0.2) is 5.84 Å². The van der Waals surface area contributed by atoms with Crippen LogP contribution in [0.3, 0.4) is 0 Å². The summed E-state index contributed by atoms with van der Waals surface area (Å²) in [4.78, 5) is 2.17. The largest absolute Gasteiger partial charge is 0.508 e. The monoisotopic (exact) mass is 368 g/mol. The number of hydrogen-bond donors (Lipinski definition) is 1. The van der Waals surface area contributed by atoms with E-state index in [1.807, 2.05) is 0 Å². The molecule has 0 amide bonds. The molecule has 0 bridgehead atoms. The van der Waals surface area contributed by atoms with Crippen LogP contribution in [0.1, 0.15) is 5.56 Å². The molecule has 6 heteroatoms. The van der Waals surface area contributed by atoms with Crippen molar-refractivity contribution >= 4 is 27.5 Å². The minimum Gasteiger partial charge on any atom is -0.508 e. The number of amidine groups is 1. The molecular formula is C16H15BrF2N2O. The van der Waals surface area contributed by atoms with Crippen molar-refractivity contribution in [2.75, 3.05) is 7.05 Å². The molecule has 2 aromatic carbocycles. The predicted molar refractivity (Wildman–Crippen MR) is 87.0 cm³/mol. The molecule has 0 atom stereocenters. The van der Waals surface area contributed by atoms with Gasteiger partial charge >= 0.3 is 4.83 Å². The summed E-state index contributed by atoms with van der Waals surface area (Å²) in [5, 5.41) is 9.26. The molecule has 2 rings (SSSR count). The van der Waals surface area contributed by atoms with E-state index in [-0.39, 0.29) is 18.1 Å². The van der Waals surface area contributed by atoms with E-state index in [2.05, 4.69) is 20.9 Å². The third-order valence-electron chi connectivity index (χ3n) is 2.96. The number of aromatic hydroxyl groups is 1. The van der Waals surface area contributed by atoms with Gasteiger partial charge in [0.05, 0.1) is 5.69 Å². The minimum atomic E-state index is -3.24. The SMILES string of the molecule is CN(Cc1ccc(O)cc1)C(=Nc1ccccc1)C(F)(F)Br. The second-order valence-corrected chi connectivity index (χ2v) is 5.79. The van der Waals surface area contributed by atoms with Crippen LogP contribution in [-0.2, 0) is 6.54 Å².